The molecule has 0 aliphatic carbocycles. The van der Waals surface area contributed by atoms with Gasteiger partial charge in [0.1, 0.15) is 11.4 Å². The molecular weight excluding hydrogens is 490 g/mol. The molecule has 0 radical (unpaired) electrons. The molecule has 0 spiro atoms. The first kappa shape index (κ1) is 24.6. The van der Waals surface area contributed by atoms with Gasteiger partial charge in [-0.3, -0.25) is 18.7 Å². The molecule has 0 bridgehead atoms. The Labute approximate surface area is 209 Å². The maximum absolute atomic E-state index is 13.3. The number of halogens is 1. The predicted molar refractivity (Wildman–Crippen MR) is 134 cm³/mol. The van der Waals surface area contributed by atoms with Crippen LogP contribution in [-0.2, 0) is 19.3 Å². The Bertz CT molecular complexity index is 1550. The highest BCUT2D eigenvalue weighted by Gasteiger charge is 2.21. The molecule has 0 aliphatic heterocycles. The molecule has 11 heteroatoms. The fraction of sp³-hybridized carbons (Fsp3) is 0.250. The Kier molecular flexibility index (Phi) is 7.04. The van der Waals surface area contributed by atoms with Crippen LogP contribution in [0.4, 0.5) is 0 Å². The van der Waals surface area contributed by atoms with E-state index in [2.05, 4.69) is 15.0 Å². The summed E-state index contributed by atoms with van der Waals surface area (Å²) in [6.07, 6.45) is 4.52. The molecule has 4 rings (SSSR count). The summed E-state index contributed by atoms with van der Waals surface area (Å²) in [6, 6.07) is 6.04. The number of phenols is 1. The first-order valence-corrected chi connectivity index (χ1v) is 12.1. The first-order chi connectivity index (χ1) is 16.7. The molecule has 3 aromatic heterocycles. The van der Waals surface area contributed by atoms with Crippen molar-refractivity contribution >= 4 is 40.2 Å². The van der Waals surface area contributed by atoms with E-state index in [1.807, 2.05) is 13.8 Å². The Balaban J connectivity index is 1.75. The van der Waals surface area contributed by atoms with Crippen LogP contribution in [0.15, 0.2) is 57.6 Å². The third-order valence-electron chi connectivity index (χ3n) is 5.28. The number of nitrogens with zero attached hydrogens (tertiary/aromatic N) is 5. The van der Waals surface area contributed by atoms with Crippen molar-refractivity contribution in [3.63, 3.8) is 0 Å². The minimum atomic E-state index is -0.553. The van der Waals surface area contributed by atoms with E-state index in [0.29, 0.717) is 17.3 Å². The third kappa shape index (κ3) is 4.98. The second kappa shape index (κ2) is 10.0. The van der Waals surface area contributed by atoms with E-state index in [9.17, 15) is 19.5 Å². The summed E-state index contributed by atoms with van der Waals surface area (Å²) in [5, 5.41) is 11.8. The maximum atomic E-state index is 13.3. The van der Waals surface area contributed by atoms with Gasteiger partial charge in [-0.2, -0.15) is 0 Å². The molecule has 0 amide bonds. The zero-order chi connectivity index (χ0) is 25.3. The third-order valence-corrected chi connectivity index (χ3v) is 6.42. The van der Waals surface area contributed by atoms with Crippen molar-refractivity contribution in [2.75, 3.05) is 0 Å². The first-order valence-electron chi connectivity index (χ1n) is 10.7. The normalized spacial score (nSPS) is 11.3. The number of pyridine rings is 1. The van der Waals surface area contributed by atoms with E-state index in [4.69, 9.17) is 11.6 Å². The maximum Gasteiger partial charge on any atom is 0.332 e. The van der Waals surface area contributed by atoms with E-state index < -0.39 is 17.0 Å². The highest BCUT2D eigenvalue weighted by Crippen LogP contribution is 2.33. The zero-order valence-electron chi connectivity index (χ0n) is 19.2. The number of hydrogen-bond donors (Lipinski definition) is 1. The molecule has 0 fully saturated rings. The summed E-state index contributed by atoms with van der Waals surface area (Å²) in [5.74, 6) is -0.349. The second-order valence-corrected chi connectivity index (χ2v) is 9.74. The van der Waals surface area contributed by atoms with Crippen molar-refractivity contribution < 1.29 is 9.90 Å². The van der Waals surface area contributed by atoms with Crippen molar-refractivity contribution in [2.45, 2.75) is 31.3 Å². The van der Waals surface area contributed by atoms with E-state index >= 15 is 0 Å². The van der Waals surface area contributed by atoms with Gasteiger partial charge in [0.05, 0.1) is 10.9 Å². The largest absolute Gasteiger partial charge is 0.507 e. The number of ketones is 1. The van der Waals surface area contributed by atoms with Crippen molar-refractivity contribution in [2.24, 2.45) is 13.0 Å². The number of fused-ring (bicyclic) bond motifs is 1. The molecule has 4 aromatic rings. The Morgan fingerprint density at radius 3 is 2.54 bits per heavy atom. The van der Waals surface area contributed by atoms with Gasteiger partial charge in [0.25, 0.3) is 5.56 Å². The lowest BCUT2D eigenvalue weighted by molar-refractivity contribution is 0.103. The Morgan fingerprint density at radius 2 is 1.86 bits per heavy atom. The highest BCUT2D eigenvalue weighted by molar-refractivity contribution is 7.98. The summed E-state index contributed by atoms with van der Waals surface area (Å²) >= 11 is 7.54. The van der Waals surface area contributed by atoms with Gasteiger partial charge in [0.2, 0.25) is 0 Å². The van der Waals surface area contributed by atoms with E-state index in [1.54, 1.807) is 24.5 Å². The van der Waals surface area contributed by atoms with Gasteiger partial charge in [-0.1, -0.05) is 37.2 Å². The van der Waals surface area contributed by atoms with Crippen LogP contribution in [0.1, 0.15) is 35.3 Å². The van der Waals surface area contributed by atoms with Crippen LogP contribution < -0.4 is 11.2 Å². The summed E-state index contributed by atoms with van der Waals surface area (Å²) in [4.78, 5) is 51.3. The van der Waals surface area contributed by atoms with E-state index in [-0.39, 0.29) is 44.6 Å². The molecule has 3 heterocycles. The minimum Gasteiger partial charge on any atom is -0.507 e. The average molecular weight is 512 g/mol. The van der Waals surface area contributed by atoms with Gasteiger partial charge in [-0.05, 0) is 30.2 Å². The van der Waals surface area contributed by atoms with Crippen LogP contribution in [-0.4, -0.2) is 35.0 Å². The molecule has 0 saturated carbocycles. The number of hydrogen-bond acceptors (Lipinski definition) is 8. The molecule has 180 valence electrons. The van der Waals surface area contributed by atoms with Crippen LogP contribution in [0, 0.1) is 5.92 Å². The van der Waals surface area contributed by atoms with Crippen LogP contribution in [0.3, 0.4) is 0 Å². The van der Waals surface area contributed by atoms with Gasteiger partial charge in [0, 0.05) is 54.1 Å². The van der Waals surface area contributed by atoms with Gasteiger partial charge < -0.3 is 5.11 Å². The number of rotatable bonds is 7. The van der Waals surface area contributed by atoms with Crippen molar-refractivity contribution in [1.29, 1.82) is 0 Å². The summed E-state index contributed by atoms with van der Waals surface area (Å²) in [6.45, 7) is 4.26. The van der Waals surface area contributed by atoms with Gasteiger partial charge in [-0.25, -0.2) is 19.7 Å². The summed E-state index contributed by atoms with van der Waals surface area (Å²) < 4.78 is 2.42. The average Bonchev–Trinajstić information content (AvgIpc) is 2.85. The van der Waals surface area contributed by atoms with Crippen molar-refractivity contribution in [3.8, 4) is 5.75 Å². The number of thioether (sulfide) groups is 1. The molecule has 0 unspecified atom stereocenters. The molecule has 0 aliphatic rings. The van der Waals surface area contributed by atoms with Crippen molar-refractivity contribution in [3.05, 3.63) is 85.4 Å². The SMILES string of the molecule is CC(C)Cn1c(=O)n(C)c(=O)c2cc(C(=O)c3cc(Cl)cc(CSc4ncccn4)c3O)cnc21. The lowest BCUT2D eigenvalue weighted by Crippen LogP contribution is -2.39. The summed E-state index contributed by atoms with van der Waals surface area (Å²) in [5.41, 5.74) is -0.308. The number of carbonyl (C=O) groups excluding carboxylic acids is 1. The molecular formula is C24H22ClN5O4S. The van der Waals surface area contributed by atoms with Crippen LogP contribution in [0.2, 0.25) is 5.02 Å². The molecule has 0 atom stereocenters. The zero-order valence-corrected chi connectivity index (χ0v) is 20.8. The lowest BCUT2D eigenvalue weighted by Gasteiger charge is -2.14. The monoisotopic (exact) mass is 511 g/mol. The fourth-order valence-corrected chi connectivity index (χ4v) is 4.64. The topological polar surface area (TPSA) is 120 Å². The van der Waals surface area contributed by atoms with Gasteiger partial charge in [-0.15, -0.1) is 0 Å². The fourth-order valence-electron chi connectivity index (χ4n) is 3.62. The van der Waals surface area contributed by atoms with Gasteiger partial charge >= 0.3 is 5.69 Å². The van der Waals surface area contributed by atoms with E-state index in [0.717, 1.165) is 4.57 Å². The number of carbonyl (C=O) groups is 1. The molecule has 1 N–H and O–H groups in total. The van der Waals surface area contributed by atoms with Gasteiger partial charge in [0.15, 0.2) is 10.9 Å². The molecule has 35 heavy (non-hydrogen) atoms. The minimum absolute atomic E-state index is 0.0180. The quantitative estimate of drug-likeness (QED) is 0.228. The number of aromatic nitrogens is 5. The molecule has 9 nitrogen and oxygen atoms in total. The number of phenolic OH excluding ortho intramolecular Hbond substituents is 1. The van der Waals surface area contributed by atoms with Crippen LogP contribution >= 0.6 is 23.4 Å². The highest BCUT2D eigenvalue weighted by atomic mass is 35.5. The lowest BCUT2D eigenvalue weighted by atomic mass is 10.0. The van der Waals surface area contributed by atoms with Crippen LogP contribution in [0.5, 0.6) is 5.75 Å². The predicted octanol–water partition coefficient (Wildman–Crippen LogP) is 3.42. The Morgan fingerprint density at radius 1 is 1.14 bits per heavy atom. The van der Waals surface area contributed by atoms with Crippen LogP contribution in [0.25, 0.3) is 11.0 Å². The van der Waals surface area contributed by atoms with Crippen molar-refractivity contribution in [1.82, 2.24) is 24.1 Å². The second-order valence-electron chi connectivity index (χ2n) is 8.36. The molecule has 0 saturated heterocycles. The van der Waals surface area contributed by atoms with E-state index in [1.165, 1.54) is 41.7 Å². The number of benzene rings is 1. The molecule has 1 aromatic carbocycles. The smallest absolute Gasteiger partial charge is 0.332 e. The Hall–Kier alpha value is -3.50. The standard InChI is InChI=1S/C24H22ClN5O4S/c1-13(2)11-30-21-18(22(33)29(3)24(30)34)8-14(10-28-21)19(31)17-9-16(25)7-15(20(17)32)12-35-23-26-5-4-6-27-23/h4-10,13,32H,11-12H2,1-3H3. The number of aromatic hydroxyl groups is 1. The summed E-state index contributed by atoms with van der Waals surface area (Å²) in [7, 11) is 1.39.